The molecule has 1 heterocycles. The van der Waals surface area contributed by atoms with Gasteiger partial charge in [-0.15, -0.1) is 0 Å². The molecule has 0 unspecified atom stereocenters. The zero-order valence-electron chi connectivity index (χ0n) is 9.27. The normalized spacial score (nSPS) is 11.3. The Morgan fingerprint density at radius 1 is 1.16 bits per heavy atom. The molecule has 4 nitrogen and oxygen atoms in total. The van der Waals surface area contributed by atoms with Gasteiger partial charge in [0.25, 0.3) is 10.0 Å². The van der Waals surface area contributed by atoms with Gasteiger partial charge < -0.3 is 0 Å². The van der Waals surface area contributed by atoms with Gasteiger partial charge in [0.05, 0.1) is 21.3 Å². The monoisotopic (exact) mass is 408 g/mol. The maximum absolute atomic E-state index is 13.3. The number of anilines is 1. The Hall–Kier alpha value is -0.990. The minimum Gasteiger partial charge on any atom is -0.278 e. The van der Waals surface area contributed by atoms with Gasteiger partial charge in [-0.25, -0.2) is 17.8 Å². The Labute approximate surface area is 126 Å². The Balaban J connectivity index is 2.32. The zero-order valence-corrected chi connectivity index (χ0v) is 13.3. The molecule has 8 heteroatoms. The maximum atomic E-state index is 13.3. The molecule has 0 aliphatic carbocycles. The molecule has 2 rings (SSSR count). The molecule has 0 amide bonds. The van der Waals surface area contributed by atoms with Crippen LogP contribution in [0.25, 0.3) is 0 Å². The third-order valence-electron chi connectivity index (χ3n) is 2.18. The lowest BCUT2D eigenvalue weighted by atomic mass is 10.3. The van der Waals surface area contributed by atoms with Crippen LogP contribution in [-0.2, 0) is 10.0 Å². The SMILES string of the molecule is O=S(=O)(Nc1ccc(Br)nc1)c1ccc(Br)c(F)c1. The number of sulfonamides is 1. The van der Waals surface area contributed by atoms with Crippen molar-refractivity contribution < 1.29 is 12.8 Å². The summed E-state index contributed by atoms with van der Waals surface area (Å²) in [6.45, 7) is 0. The van der Waals surface area contributed by atoms with E-state index >= 15 is 0 Å². The topological polar surface area (TPSA) is 59.1 Å². The third-order valence-corrected chi connectivity index (χ3v) is 4.67. The molecule has 100 valence electrons. The first-order valence-electron chi connectivity index (χ1n) is 4.98. The summed E-state index contributed by atoms with van der Waals surface area (Å²) in [5.41, 5.74) is 0.298. The first-order chi connectivity index (χ1) is 8.88. The average molecular weight is 410 g/mol. The van der Waals surface area contributed by atoms with Crippen molar-refractivity contribution in [3.05, 3.63) is 51.4 Å². The van der Waals surface area contributed by atoms with Crippen LogP contribution in [0.4, 0.5) is 10.1 Å². The van der Waals surface area contributed by atoms with Crippen molar-refractivity contribution in [2.45, 2.75) is 4.90 Å². The van der Waals surface area contributed by atoms with E-state index in [2.05, 4.69) is 41.6 Å². The highest BCUT2D eigenvalue weighted by molar-refractivity contribution is 9.10. The summed E-state index contributed by atoms with van der Waals surface area (Å²) in [6.07, 6.45) is 1.36. The van der Waals surface area contributed by atoms with Crippen LogP contribution in [0, 0.1) is 5.82 Å². The van der Waals surface area contributed by atoms with E-state index in [4.69, 9.17) is 0 Å². The Bertz CT molecular complexity index is 705. The summed E-state index contributed by atoms with van der Waals surface area (Å²) < 4.78 is 40.5. The minimum atomic E-state index is -3.83. The number of aromatic nitrogens is 1. The van der Waals surface area contributed by atoms with Gasteiger partial charge in [-0.05, 0) is 62.2 Å². The number of rotatable bonds is 3. The number of benzene rings is 1. The number of nitrogens with zero attached hydrogens (tertiary/aromatic N) is 1. The van der Waals surface area contributed by atoms with E-state index in [-0.39, 0.29) is 9.37 Å². The van der Waals surface area contributed by atoms with Crippen LogP contribution < -0.4 is 4.72 Å². The van der Waals surface area contributed by atoms with Crippen LogP contribution in [0.5, 0.6) is 0 Å². The number of hydrogen-bond donors (Lipinski definition) is 1. The second kappa shape index (κ2) is 5.56. The Morgan fingerprint density at radius 2 is 1.89 bits per heavy atom. The van der Waals surface area contributed by atoms with E-state index in [9.17, 15) is 12.8 Å². The summed E-state index contributed by atoms with van der Waals surface area (Å²) in [5.74, 6) is -0.642. The first kappa shape index (κ1) is 14.4. The second-order valence-electron chi connectivity index (χ2n) is 3.55. The van der Waals surface area contributed by atoms with Gasteiger partial charge in [0, 0.05) is 0 Å². The van der Waals surface area contributed by atoms with E-state index in [0.29, 0.717) is 10.3 Å². The number of pyridine rings is 1. The van der Waals surface area contributed by atoms with E-state index in [0.717, 1.165) is 6.07 Å². The largest absolute Gasteiger partial charge is 0.278 e. The molecule has 0 aliphatic rings. The Kier molecular flexibility index (Phi) is 4.22. The van der Waals surface area contributed by atoms with Gasteiger partial charge in [0.15, 0.2) is 0 Å². The van der Waals surface area contributed by atoms with Crippen molar-refractivity contribution in [1.82, 2.24) is 4.98 Å². The number of hydrogen-bond acceptors (Lipinski definition) is 3. The van der Waals surface area contributed by atoms with E-state index < -0.39 is 15.8 Å². The molecule has 0 atom stereocenters. The molecule has 0 aliphatic heterocycles. The molecule has 19 heavy (non-hydrogen) atoms. The van der Waals surface area contributed by atoms with Gasteiger partial charge in [-0.2, -0.15) is 0 Å². The molecule has 0 saturated carbocycles. The van der Waals surface area contributed by atoms with Gasteiger partial charge >= 0.3 is 0 Å². The predicted octanol–water partition coefficient (Wildman–Crippen LogP) is 3.55. The van der Waals surface area contributed by atoms with Crippen molar-refractivity contribution in [2.24, 2.45) is 0 Å². The second-order valence-corrected chi connectivity index (χ2v) is 6.90. The van der Waals surface area contributed by atoms with Crippen LogP contribution >= 0.6 is 31.9 Å². The Morgan fingerprint density at radius 3 is 2.47 bits per heavy atom. The molecule has 0 bridgehead atoms. The molecule has 0 spiro atoms. The summed E-state index contributed by atoms with van der Waals surface area (Å²) in [5, 5.41) is 0. The lowest BCUT2D eigenvalue weighted by Gasteiger charge is -2.08. The maximum Gasteiger partial charge on any atom is 0.262 e. The first-order valence-corrected chi connectivity index (χ1v) is 8.05. The number of nitrogens with one attached hydrogen (secondary N) is 1. The summed E-state index contributed by atoms with van der Waals surface area (Å²) in [6, 6.07) is 6.73. The highest BCUT2D eigenvalue weighted by Gasteiger charge is 2.16. The van der Waals surface area contributed by atoms with Gasteiger partial charge in [0.2, 0.25) is 0 Å². The lowest BCUT2D eigenvalue weighted by molar-refractivity contribution is 0.593. The molecule has 0 saturated heterocycles. The van der Waals surface area contributed by atoms with Crippen molar-refractivity contribution >= 4 is 47.6 Å². The summed E-state index contributed by atoms with van der Waals surface area (Å²) >= 11 is 6.11. The van der Waals surface area contributed by atoms with Crippen LogP contribution in [-0.4, -0.2) is 13.4 Å². The summed E-state index contributed by atoms with van der Waals surface area (Å²) in [4.78, 5) is 3.74. The zero-order chi connectivity index (χ0) is 14.0. The van der Waals surface area contributed by atoms with E-state index in [1.807, 2.05) is 0 Å². The van der Waals surface area contributed by atoms with Crippen LogP contribution in [0.15, 0.2) is 50.5 Å². The molecule has 1 N–H and O–H groups in total. The fraction of sp³-hybridized carbons (Fsp3) is 0. The molecule has 1 aromatic carbocycles. The molecular weight excluding hydrogens is 403 g/mol. The quantitative estimate of drug-likeness (QED) is 0.788. The average Bonchev–Trinajstić information content (AvgIpc) is 2.35. The van der Waals surface area contributed by atoms with Crippen LogP contribution in [0.2, 0.25) is 0 Å². The molecular formula is C11H7Br2FN2O2S. The third kappa shape index (κ3) is 3.52. The van der Waals surface area contributed by atoms with Gasteiger partial charge in [-0.1, -0.05) is 0 Å². The molecule has 2 aromatic rings. The lowest BCUT2D eigenvalue weighted by Crippen LogP contribution is -2.13. The highest BCUT2D eigenvalue weighted by atomic mass is 79.9. The van der Waals surface area contributed by atoms with E-state index in [1.54, 1.807) is 12.1 Å². The highest BCUT2D eigenvalue weighted by Crippen LogP contribution is 2.21. The molecule has 0 fully saturated rings. The van der Waals surface area contributed by atoms with Crippen molar-refractivity contribution in [2.75, 3.05) is 4.72 Å². The van der Waals surface area contributed by atoms with Gasteiger partial charge in [0.1, 0.15) is 10.4 Å². The van der Waals surface area contributed by atoms with Crippen LogP contribution in [0.3, 0.4) is 0 Å². The summed E-state index contributed by atoms with van der Waals surface area (Å²) in [7, 11) is -3.83. The van der Waals surface area contributed by atoms with Crippen LogP contribution in [0.1, 0.15) is 0 Å². The molecule has 0 radical (unpaired) electrons. The van der Waals surface area contributed by atoms with Crippen molar-refractivity contribution in [3.63, 3.8) is 0 Å². The number of halogens is 3. The van der Waals surface area contributed by atoms with E-state index in [1.165, 1.54) is 18.3 Å². The fourth-order valence-electron chi connectivity index (χ4n) is 1.29. The van der Waals surface area contributed by atoms with Gasteiger partial charge in [-0.3, -0.25) is 4.72 Å². The standard InChI is InChI=1S/C11H7Br2FN2O2S/c12-9-3-2-8(5-10(9)14)19(17,18)16-7-1-4-11(13)15-6-7/h1-6,16H. The molecule has 1 aromatic heterocycles. The predicted molar refractivity (Wildman–Crippen MR) is 76.8 cm³/mol. The fourth-order valence-corrected chi connectivity index (χ4v) is 2.83. The van der Waals surface area contributed by atoms with Crippen molar-refractivity contribution in [1.29, 1.82) is 0 Å². The smallest absolute Gasteiger partial charge is 0.262 e. The minimum absolute atomic E-state index is 0.156. The van der Waals surface area contributed by atoms with Crippen molar-refractivity contribution in [3.8, 4) is 0 Å².